The Kier molecular flexibility index (Phi) is 8.71. The summed E-state index contributed by atoms with van der Waals surface area (Å²) in [5.41, 5.74) is 8.87. The van der Waals surface area contributed by atoms with E-state index in [1.807, 2.05) is 65.8 Å². The quantitative estimate of drug-likeness (QED) is 0.241. The molecule has 0 unspecified atom stereocenters. The number of nitrogens with one attached hydrogen (secondary N) is 1. The molecule has 12 nitrogen and oxygen atoms in total. The highest BCUT2D eigenvalue weighted by atomic mass is 16.5. The third-order valence-electron chi connectivity index (χ3n) is 8.48. The summed E-state index contributed by atoms with van der Waals surface area (Å²) >= 11 is 0. The Morgan fingerprint density at radius 2 is 1.70 bits per heavy atom. The molecule has 0 spiro atoms. The number of fused-ring (bicyclic) bond motifs is 2. The number of carbonyl (C=O) groups is 3. The lowest BCUT2D eigenvalue weighted by Crippen LogP contribution is -2.48. The monoisotopic (exact) mass is 622 g/mol. The number of carbonyl (C=O) groups excluding carboxylic acids is 3. The number of aromatic nitrogens is 4. The van der Waals surface area contributed by atoms with E-state index in [0.717, 1.165) is 42.5 Å². The first-order valence-corrected chi connectivity index (χ1v) is 15.5. The highest BCUT2D eigenvalue weighted by Gasteiger charge is 2.24. The first-order chi connectivity index (χ1) is 22.2. The number of imidazole rings is 1. The number of anilines is 1. The minimum absolute atomic E-state index is 0.0534. The van der Waals surface area contributed by atoms with Gasteiger partial charge in [0, 0.05) is 50.4 Å². The highest BCUT2D eigenvalue weighted by molar-refractivity contribution is 6.04. The maximum atomic E-state index is 13.4. The van der Waals surface area contributed by atoms with Crippen LogP contribution in [0.25, 0.3) is 21.8 Å². The number of nitrogens with two attached hydrogens (primary N) is 1. The molecule has 0 aliphatic carbocycles. The molecule has 6 rings (SSSR count). The summed E-state index contributed by atoms with van der Waals surface area (Å²) in [7, 11) is 1.52. The Labute approximate surface area is 266 Å². The zero-order valence-electron chi connectivity index (χ0n) is 26.3. The molecule has 2 aromatic heterocycles. The Morgan fingerprint density at radius 3 is 2.41 bits per heavy atom. The number of aryl methyl sites for hydroxylation is 3. The molecule has 3 heterocycles. The number of benzene rings is 3. The number of hydrogen-bond donors (Lipinski definition) is 2. The van der Waals surface area contributed by atoms with Gasteiger partial charge in [-0.1, -0.05) is 30.3 Å². The largest absolute Gasteiger partial charge is 0.494 e. The minimum Gasteiger partial charge on any atom is -0.494 e. The van der Waals surface area contributed by atoms with E-state index in [0.29, 0.717) is 60.2 Å². The second kappa shape index (κ2) is 13.0. The number of amides is 3. The summed E-state index contributed by atoms with van der Waals surface area (Å²) in [6, 6.07) is 18.9. The first kappa shape index (κ1) is 30.8. The third-order valence-corrected chi connectivity index (χ3v) is 8.48. The smallest absolute Gasteiger partial charge is 0.276 e. The van der Waals surface area contributed by atoms with Gasteiger partial charge in [0.05, 0.1) is 18.3 Å². The van der Waals surface area contributed by atoms with E-state index in [-0.39, 0.29) is 17.4 Å². The number of rotatable bonds is 10. The van der Waals surface area contributed by atoms with Gasteiger partial charge in [0.15, 0.2) is 0 Å². The van der Waals surface area contributed by atoms with E-state index in [1.165, 1.54) is 7.11 Å². The molecule has 46 heavy (non-hydrogen) atoms. The van der Waals surface area contributed by atoms with Gasteiger partial charge in [-0.2, -0.15) is 5.10 Å². The summed E-state index contributed by atoms with van der Waals surface area (Å²) in [5.74, 6) is -0.0966. The molecular formula is C34H38N8O4. The molecule has 0 bridgehead atoms. The van der Waals surface area contributed by atoms with Crippen LogP contribution in [0, 0.1) is 6.92 Å². The van der Waals surface area contributed by atoms with Crippen LogP contribution in [0.2, 0.25) is 0 Å². The van der Waals surface area contributed by atoms with Crippen LogP contribution in [-0.4, -0.2) is 86.7 Å². The van der Waals surface area contributed by atoms with Crippen molar-refractivity contribution in [2.75, 3.05) is 45.2 Å². The van der Waals surface area contributed by atoms with Crippen LogP contribution in [0.4, 0.5) is 5.95 Å². The van der Waals surface area contributed by atoms with Crippen LogP contribution in [-0.2, 0) is 13.1 Å². The number of methoxy groups -OCH3 is 1. The average molecular weight is 623 g/mol. The van der Waals surface area contributed by atoms with Crippen molar-refractivity contribution in [3.05, 3.63) is 83.2 Å². The minimum atomic E-state index is -0.596. The number of nitrogens with zero attached hydrogens (tertiary/aromatic N) is 6. The number of primary amides is 1. The number of piperazine rings is 1. The van der Waals surface area contributed by atoms with Crippen LogP contribution in [0.15, 0.2) is 60.7 Å². The van der Waals surface area contributed by atoms with Crippen molar-refractivity contribution < 1.29 is 19.1 Å². The van der Waals surface area contributed by atoms with Crippen LogP contribution < -0.4 is 15.8 Å². The van der Waals surface area contributed by atoms with Gasteiger partial charge in [-0.05, 0) is 67.9 Å². The van der Waals surface area contributed by atoms with Gasteiger partial charge in [-0.3, -0.25) is 29.3 Å². The Bertz CT molecular complexity index is 1940. The summed E-state index contributed by atoms with van der Waals surface area (Å²) in [4.78, 5) is 47.6. The normalized spacial score (nSPS) is 13.8. The predicted molar refractivity (Wildman–Crippen MR) is 176 cm³/mol. The lowest BCUT2D eigenvalue weighted by Gasteiger charge is -2.35. The van der Waals surface area contributed by atoms with E-state index in [9.17, 15) is 14.4 Å². The topological polar surface area (TPSA) is 141 Å². The Balaban J connectivity index is 1.16. The second-order valence-electron chi connectivity index (χ2n) is 11.5. The molecule has 0 radical (unpaired) electrons. The van der Waals surface area contributed by atoms with E-state index < -0.39 is 5.91 Å². The number of ether oxygens (including phenoxy) is 1. The fourth-order valence-electron chi connectivity index (χ4n) is 6.11. The first-order valence-electron chi connectivity index (χ1n) is 15.5. The Hall–Kier alpha value is -5.23. The van der Waals surface area contributed by atoms with E-state index in [1.54, 1.807) is 22.9 Å². The van der Waals surface area contributed by atoms with Crippen molar-refractivity contribution in [2.45, 2.75) is 33.4 Å². The molecule has 1 aliphatic rings. The van der Waals surface area contributed by atoms with E-state index in [4.69, 9.17) is 15.5 Å². The third kappa shape index (κ3) is 6.16. The van der Waals surface area contributed by atoms with Gasteiger partial charge in [-0.25, -0.2) is 4.98 Å². The zero-order valence-corrected chi connectivity index (χ0v) is 26.3. The van der Waals surface area contributed by atoms with Gasteiger partial charge < -0.3 is 19.9 Å². The van der Waals surface area contributed by atoms with Crippen LogP contribution in [0.5, 0.6) is 5.75 Å². The van der Waals surface area contributed by atoms with Gasteiger partial charge in [-0.15, -0.1) is 0 Å². The molecule has 3 N–H and O–H groups in total. The lowest BCUT2D eigenvalue weighted by molar-refractivity contribution is 0.0634. The zero-order chi connectivity index (χ0) is 32.4. The molecule has 238 valence electrons. The standard InChI is InChI=1S/C34H38N8O4/c1-4-42-28(18-22(2)38-42)32(44)37-34-36-27-20-26(31(35)43)21-29(46-3)30(27)41(34)13-7-12-39-14-16-40(17-15-39)33(45)25-11-10-23-8-5-6-9-24(23)19-25/h5-6,8-11,18-21H,4,7,12-17H2,1-3H3,(H2,35,43)(H,36,37,44). The molecule has 5 aromatic rings. The van der Waals surface area contributed by atoms with Gasteiger partial charge in [0.2, 0.25) is 11.9 Å². The molecule has 0 saturated carbocycles. The van der Waals surface area contributed by atoms with E-state index in [2.05, 4.69) is 15.3 Å². The summed E-state index contributed by atoms with van der Waals surface area (Å²) in [6.07, 6.45) is 0.750. The van der Waals surface area contributed by atoms with Gasteiger partial charge in [0.25, 0.3) is 11.8 Å². The molecule has 12 heteroatoms. The van der Waals surface area contributed by atoms with Crippen molar-refractivity contribution in [1.29, 1.82) is 0 Å². The van der Waals surface area contributed by atoms with Crippen molar-refractivity contribution in [3.8, 4) is 5.75 Å². The maximum absolute atomic E-state index is 13.4. The summed E-state index contributed by atoms with van der Waals surface area (Å²) in [6.45, 7) is 8.45. The van der Waals surface area contributed by atoms with Gasteiger partial charge in [0.1, 0.15) is 17.0 Å². The van der Waals surface area contributed by atoms with Gasteiger partial charge >= 0.3 is 0 Å². The highest BCUT2D eigenvalue weighted by Crippen LogP contribution is 2.31. The van der Waals surface area contributed by atoms with Crippen LogP contribution in [0.3, 0.4) is 0 Å². The SMILES string of the molecule is CCn1nc(C)cc1C(=O)Nc1nc2cc(C(N)=O)cc(OC)c2n1CCCN1CCN(C(=O)c2ccc3ccccc3c2)CC1. The lowest BCUT2D eigenvalue weighted by atomic mass is 10.1. The fourth-order valence-corrected chi connectivity index (χ4v) is 6.11. The molecule has 0 atom stereocenters. The van der Waals surface area contributed by atoms with E-state index >= 15 is 0 Å². The molecule has 3 aromatic carbocycles. The van der Waals surface area contributed by atoms with Crippen LogP contribution >= 0.6 is 0 Å². The van der Waals surface area contributed by atoms with Crippen molar-refractivity contribution in [3.63, 3.8) is 0 Å². The van der Waals surface area contributed by atoms with Crippen molar-refractivity contribution >= 4 is 45.5 Å². The molecule has 3 amide bonds. The Morgan fingerprint density at radius 1 is 0.935 bits per heavy atom. The number of hydrogen-bond acceptors (Lipinski definition) is 7. The molecule has 1 aliphatic heterocycles. The molecular weight excluding hydrogens is 584 g/mol. The summed E-state index contributed by atoms with van der Waals surface area (Å²) in [5, 5.41) is 9.52. The summed E-state index contributed by atoms with van der Waals surface area (Å²) < 4.78 is 9.21. The van der Waals surface area contributed by atoms with Crippen molar-refractivity contribution in [2.24, 2.45) is 5.73 Å². The maximum Gasteiger partial charge on any atom is 0.276 e. The predicted octanol–water partition coefficient (Wildman–Crippen LogP) is 3.92. The molecule has 1 fully saturated rings. The fraction of sp³-hybridized carbons (Fsp3) is 0.324. The van der Waals surface area contributed by atoms with Crippen molar-refractivity contribution in [1.82, 2.24) is 29.1 Å². The second-order valence-corrected chi connectivity index (χ2v) is 11.5. The molecule has 1 saturated heterocycles. The van der Waals surface area contributed by atoms with Crippen LogP contribution in [0.1, 0.15) is 50.2 Å². The average Bonchev–Trinajstić information content (AvgIpc) is 3.63.